The van der Waals surface area contributed by atoms with Crippen molar-refractivity contribution in [3.8, 4) is 0 Å². The van der Waals surface area contributed by atoms with E-state index in [0.29, 0.717) is 17.7 Å². The van der Waals surface area contributed by atoms with Crippen LogP contribution in [0.3, 0.4) is 0 Å². The first-order valence-corrected chi connectivity index (χ1v) is 13.0. The molecule has 38 heavy (non-hydrogen) atoms. The van der Waals surface area contributed by atoms with Gasteiger partial charge in [0.05, 0.1) is 24.5 Å². The van der Waals surface area contributed by atoms with Crippen molar-refractivity contribution in [1.82, 2.24) is 10.6 Å². The van der Waals surface area contributed by atoms with Crippen LogP contribution in [0.5, 0.6) is 0 Å². The molecule has 2 atom stereocenters. The normalized spacial score (nSPS) is 16.0. The Kier molecular flexibility index (Phi) is 11.9. The average molecular weight is 526 g/mol. The number of rotatable bonds is 12. The maximum atomic E-state index is 13.3. The van der Waals surface area contributed by atoms with E-state index in [2.05, 4.69) is 15.6 Å². The third-order valence-electron chi connectivity index (χ3n) is 5.97. The Morgan fingerprint density at radius 2 is 1.66 bits per heavy atom. The summed E-state index contributed by atoms with van der Waals surface area (Å²) in [5.74, 6) is -2.34. The molecule has 0 aromatic heterocycles. The number of dihydropyridines is 1. The molecule has 206 valence electrons. The molecule has 0 spiro atoms. The number of carbonyl (C=O) groups is 4. The van der Waals surface area contributed by atoms with Crippen LogP contribution in [0.1, 0.15) is 66.4 Å². The highest BCUT2D eigenvalue weighted by Gasteiger charge is 2.32. The number of amides is 2. The Hall–Kier alpha value is -3.75. The van der Waals surface area contributed by atoms with Crippen LogP contribution in [0.15, 0.2) is 52.2 Å². The summed E-state index contributed by atoms with van der Waals surface area (Å²) in [5.41, 5.74) is 3.72. The van der Waals surface area contributed by atoms with E-state index in [4.69, 9.17) is 9.47 Å². The van der Waals surface area contributed by atoms with Crippen molar-refractivity contribution in [1.29, 1.82) is 0 Å². The number of benzene rings is 1. The van der Waals surface area contributed by atoms with Crippen molar-refractivity contribution in [2.45, 2.75) is 72.9 Å². The number of nitrogens with one attached hydrogen (secondary N) is 2. The zero-order chi connectivity index (χ0) is 28.2. The van der Waals surface area contributed by atoms with Crippen molar-refractivity contribution in [2.75, 3.05) is 13.2 Å². The SMILES string of the molecule is CCOC(=O)CC[C@@H](NC(=O)[C@@H](NC(=O)C1=C(C)CC(=Cc2ccccc2)N=C1C)C(C)C)C(=O)OCC. The second kappa shape index (κ2) is 14.9. The van der Waals surface area contributed by atoms with E-state index in [1.807, 2.05) is 43.3 Å². The zero-order valence-electron chi connectivity index (χ0n) is 23.1. The van der Waals surface area contributed by atoms with Crippen LogP contribution in [-0.2, 0) is 28.7 Å². The molecule has 0 bridgehead atoms. The highest BCUT2D eigenvalue weighted by Crippen LogP contribution is 2.25. The molecule has 2 N–H and O–H groups in total. The highest BCUT2D eigenvalue weighted by molar-refractivity contribution is 6.22. The second-order valence-electron chi connectivity index (χ2n) is 9.43. The molecule has 2 amide bonds. The van der Waals surface area contributed by atoms with Crippen molar-refractivity contribution in [3.05, 3.63) is 52.7 Å². The summed E-state index contributed by atoms with van der Waals surface area (Å²) in [4.78, 5) is 55.4. The van der Waals surface area contributed by atoms with E-state index in [-0.39, 0.29) is 32.0 Å². The van der Waals surface area contributed by atoms with E-state index in [1.165, 1.54) is 0 Å². The van der Waals surface area contributed by atoms with Crippen molar-refractivity contribution in [3.63, 3.8) is 0 Å². The third kappa shape index (κ3) is 8.97. The monoisotopic (exact) mass is 525 g/mol. The Bertz CT molecular complexity index is 1100. The molecule has 9 nitrogen and oxygen atoms in total. The molecule has 0 saturated carbocycles. The molecule has 0 aliphatic carbocycles. The van der Waals surface area contributed by atoms with Gasteiger partial charge >= 0.3 is 11.9 Å². The van der Waals surface area contributed by atoms with Crippen LogP contribution in [0.25, 0.3) is 6.08 Å². The Labute approximate surface area is 224 Å². The molecule has 0 fully saturated rings. The van der Waals surface area contributed by atoms with E-state index >= 15 is 0 Å². The number of hydrogen-bond acceptors (Lipinski definition) is 7. The van der Waals surface area contributed by atoms with Gasteiger partial charge < -0.3 is 20.1 Å². The van der Waals surface area contributed by atoms with Gasteiger partial charge in [-0.05, 0) is 51.7 Å². The van der Waals surface area contributed by atoms with E-state index in [0.717, 1.165) is 16.8 Å². The molecule has 1 aromatic rings. The smallest absolute Gasteiger partial charge is 0.328 e. The van der Waals surface area contributed by atoms with Crippen LogP contribution in [0.2, 0.25) is 0 Å². The molecule has 1 aromatic carbocycles. The quantitative estimate of drug-likeness (QED) is 0.401. The lowest BCUT2D eigenvalue weighted by atomic mass is 9.95. The summed E-state index contributed by atoms with van der Waals surface area (Å²) in [5, 5.41) is 5.47. The van der Waals surface area contributed by atoms with E-state index < -0.39 is 35.8 Å². The lowest BCUT2D eigenvalue weighted by Crippen LogP contribution is -2.54. The minimum Gasteiger partial charge on any atom is -0.466 e. The molecule has 9 heteroatoms. The summed E-state index contributed by atoms with van der Waals surface area (Å²) < 4.78 is 10.00. The summed E-state index contributed by atoms with van der Waals surface area (Å²) in [6.07, 6.45) is 2.45. The first kappa shape index (κ1) is 30.5. The molecular weight excluding hydrogens is 486 g/mol. The van der Waals surface area contributed by atoms with Gasteiger partial charge in [0.25, 0.3) is 5.91 Å². The van der Waals surface area contributed by atoms with Crippen LogP contribution in [0, 0.1) is 5.92 Å². The second-order valence-corrected chi connectivity index (χ2v) is 9.43. The van der Waals surface area contributed by atoms with Crippen molar-refractivity contribution < 1.29 is 28.7 Å². The van der Waals surface area contributed by atoms with Crippen LogP contribution in [0.4, 0.5) is 0 Å². The zero-order valence-corrected chi connectivity index (χ0v) is 23.1. The largest absolute Gasteiger partial charge is 0.466 e. The topological polar surface area (TPSA) is 123 Å². The van der Waals surface area contributed by atoms with E-state index in [9.17, 15) is 19.2 Å². The predicted octanol–water partition coefficient (Wildman–Crippen LogP) is 3.74. The number of hydrogen-bond donors (Lipinski definition) is 2. The summed E-state index contributed by atoms with van der Waals surface area (Å²) in [7, 11) is 0. The number of aliphatic imine (C=N–C) groups is 1. The Morgan fingerprint density at radius 1 is 1.00 bits per heavy atom. The first-order chi connectivity index (χ1) is 18.1. The maximum Gasteiger partial charge on any atom is 0.328 e. The fraction of sp³-hybridized carbons (Fsp3) is 0.483. The first-order valence-electron chi connectivity index (χ1n) is 13.0. The van der Waals surface area contributed by atoms with Gasteiger partial charge in [-0.2, -0.15) is 0 Å². The highest BCUT2D eigenvalue weighted by atomic mass is 16.5. The molecule has 0 saturated heterocycles. The van der Waals surface area contributed by atoms with Gasteiger partial charge in [-0.3, -0.25) is 19.4 Å². The standard InChI is InChI=1S/C29H39N3O6/c1-7-37-24(33)15-14-23(29(36)38-8-2)31-28(35)26(18(3)4)32-27(34)25-19(5)16-22(30-20(25)6)17-21-12-10-9-11-13-21/h9-13,17-18,23,26H,7-8,14-16H2,1-6H3,(H,31,35)(H,32,34)/t23-,26+/m1/s1. The molecule has 1 heterocycles. The summed E-state index contributed by atoms with van der Waals surface area (Å²) in [6.45, 7) is 10.9. The van der Waals surface area contributed by atoms with Gasteiger partial charge in [0.15, 0.2) is 0 Å². The molecule has 0 unspecified atom stereocenters. The van der Waals surface area contributed by atoms with Gasteiger partial charge in [0, 0.05) is 18.5 Å². The minimum atomic E-state index is -1.05. The fourth-order valence-corrected chi connectivity index (χ4v) is 4.16. The lowest BCUT2D eigenvalue weighted by molar-refractivity contribution is -0.149. The minimum absolute atomic E-state index is 0.0225. The fourth-order valence-electron chi connectivity index (χ4n) is 4.16. The number of carbonyl (C=O) groups excluding carboxylic acids is 4. The van der Waals surface area contributed by atoms with Gasteiger partial charge in [-0.15, -0.1) is 0 Å². The third-order valence-corrected chi connectivity index (χ3v) is 5.97. The van der Waals surface area contributed by atoms with Crippen LogP contribution >= 0.6 is 0 Å². The molecule has 1 aliphatic heterocycles. The van der Waals surface area contributed by atoms with Crippen LogP contribution in [-0.4, -0.2) is 54.8 Å². The van der Waals surface area contributed by atoms with Gasteiger partial charge in [0.2, 0.25) is 5.91 Å². The molecular formula is C29H39N3O6. The number of nitrogens with zero attached hydrogens (tertiary/aromatic N) is 1. The van der Waals surface area contributed by atoms with E-state index in [1.54, 1.807) is 34.6 Å². The Morgan fingerprint density at radius 3 is 2.24 bits per heavy atom. The summed E-state index contributed by atoms with van der Waals surface area (Å²) >= 11 is 0. The molecule has 0 radical (unpaired) electrons. The summed E-state index contributed by atoms with van der Waals surface area (Å²) in [6, 6.07) is 7.86. The van der Waals surface area contributed by atoms with Gasteiger partial charge in [0.1, 0.15) is 12.1 Å². The number of allylic oxidation sites excluding steroid dienone is 1. The van der Waals surface area contributed by atoms with Gasteiger partial charge in [-0.25, -0.2) is 4.79 Å². The Balaban J connectivity index is 2.15. The van der Waals surface area contributed by atoms with Crippen molar-refractivity contribution >= 4 is 35.5 Å². The number of esters is 2. The lowest BCUT2D eigenvalue weighted by Gasteiger charge is -2.26. The molecule has 2 rings (SSSR count). The predicted molar refractivity (Wildman–Crippen MR) is 146 cm³/mol. The number of ether oxygens (including phenoxy) is 2. The van der Waals surface area contributed by atoms with Crippen molar-refractivity contribution in [2.24, 2.45) is 10.9 Å². The molecule has 1 aliphatic rings. The van der Waals surface area contributed by atoms with Gasteiger partial charge in [-0.1, -0.05) is 49.8 Å². The average Bonchev–Trinajstić information content (AvgIpc) is 2.85. The van der Waals surface area contributed by atoms with Crippen LogP contribution < -0.4 is 10.6 Å². The maximum absolute atomic E-state index is 13.3.